The predicted octanol–water partition coefficient (Wildman–Crippen LogP) is 13.8. The lowest BCUT2D eigenvalue weighted by Gasteiger charge is -2.37. The average Bonchev–Trinajstić information content (AvgIpc) is 2.96. The summed E-state index contributed by atoms with van der Waals surface area (Å²) in [5.41, 5.74) is 0. The summed E-state index contributed by atoms with van der Waals surface area (Å²) in [6.45, 7) is 16.0. The fraction of sp³-hybridized carbons (Fsp3) is 1.00. The average molecular weight is 613 g/mol. The van der Waals surface area contributed by atoms with Crippen molar-refractivity contribution in [3.05, 3.63) is 0 Å². The molecule has 0 heterocycles. The van der Waals surface area contributed by atoms with Gasteiger partial charge in [0.1, 0.15) is 0 Å². The van der Waals surface area contributed by atoms with Crippen LogP contribution in [0.5, 0.6) is 0 Å². The van der Waals surface area contributed by atoms with Gasteiger partial charge in [-0.3, -0.25) is 0 Å². The van der Waals surface area contributed by atoms with Crippen LogP contribution >= 0.6 is 0 Å². The van der Waals surface area contributed by atoms with Gasteiger partial charge in [-0.15, -0.1) is 0 Å². The van der Waals surface area contributed by atoms with E-state index in [9.17, 15) is 0 Å². The SMILES string of the molecule is CCCCCCCCCCCCCC[Si](OC(C)CCCCCC)(OC(C)CCCCCC)OC(C)CCCCCC. The summed E-state index contributed by atoms with van der Waals surface area (Å²) in [5, 5.41) is 0. The molecule has 0 aromatic carbocycles. The molecule has 3 nitrogen and oxygen atoms in total. The van der Waals surface area contributed by atoms with Gasteiger partial charge in [-0.1, -0.05) is 175 Å². The van der Waals surface area contributed by atoms with Gasteiger partial charge in [0.25, 0.3) is 0 Å². The van der Waals surface area contributed by atoms with Crippen molar-refractivity contribution in [2.45, 2.75) is 246 Å². The van der Waals surface area contributed by atoms with Crippen molar-refractivity contribution in [3.8, 4) is 0 Å². The molecule has 0 aliphatic heterocycles. The highest BCUT2D eigenvalue weighted by Gasteiger charge is 2.45. The van der Waals surface area contributed by atoms with Crippen LogP contribution in [0.4, 0.5) is 0 Å². The summed E-state index contributed by atoms with van der Waals surface area (Å²) >= 11 is 0. The minimum Gasteiger partial charge on any atom is -0.371 e. The van der Waals surface area contributed by atoms with Crippen molar-refractivity contribution in [2.75, 3.05) is 0 Å². The maximum Gasteiger partial charge on any atom is 0.501 e. The maximum atomic E-state index is 7.01. The molecule has 0 aromatic rings. The Morgan fingerprint density at radius 2 is 0.571 bits per heavy atom. The minimum absolute atomic E-state index is 0.213. The maximum absolute atomic E-state index is 7.01. The lowest BCUT2D eigenvalue weighted by molar-refractivity contribution is -0.0153. The molecule has 0 rings (SSSR count). The van der Waals surface area contributed by atoms with Gasteiger partial charge in [0.05, 0.1) is 0 Å². The van der Waals surface area contributed by atoms with Crippen molar-refractivity contribution in [1.82, 2.24) is 0 Å². The number of hydrogen-bond donors (Lipinski definition) is 0. The molecule has 42 heavy (non-hydrogen) atoms. The summed E-state index contributed by atoms with van der Waals surface area (Å²) in [6.07, 6.45) is 36.0. The zero-order valence-corrected chi connectivity index (χ0v) is 31.3. The third kappa shape index (κ3) is 26.5. The molecule has 0 aliphatic rings. The molecule has 0 bridgehead atoms. The zero-order chi connectivity index (χ0) is 31.2. The van der Waals surface area contributed by atoms with Crippen molar-refractivity contribution in [1.29, 1.82) is 0 Å². The van der Waals surface area contributed by atoms with E-state index in [0.29, 0.717) is 0 Å². The van der Waals surface area contributed by atoms with Crippen LogP contribution < -0.4 is 0 Å². The molecule has 0 fully saturated rings. The standard InChI is InChI=1S/C38H80O3Si/c1-8-12-16-20-21-22-23-24-25-26-27-31-35-42(39-36(5)32-28-17-13-9-2,40-37(6)33-29-18-14-10-3)41-38(7)34-30-19-15-11-4/h36-38H,8-35H2,1-7H3. The van der Waals surface area contributed by atoms with E-state index in [4.69, 9.17) is 13.3 Å². The summed E-state index contributed by atoms with van der Waals surface area (Å²) in [5.74, 6) is 0. The zero-order valence-electron chi connectivity index (χ0n) is 30.3. The van der Waals surface area contributed by atoms with Crippen LogP contribution in [0.1, 0.15) is 222 Å². The van der Waals surface area contributed by atoms with Crippen LogP contribution in [0.15, 0.2) is 0 Å². The highest BCUT2D eigenvalue weighted by atomic mass is 28.4. The van der Waals surface area contributed by atoms with Crippen molar-refractivity contribution in [2.24, 2.45) is 0 Å². The van der Waals surface area contributed by atoms with E-state index in [1.54, 1.807) is 0 Å². The van der Waals surface area contributed by atoms with Gasteiger partial charge < -0.3 is 13.3 Å². The summed E-state index contributed by atoms with van der Waals surface area (Å²) in [4.78, 5) is 0. The van der Waals surface area contributed by atoms with Crippen molar-refractivity contribution >= 4 is 8.80 Å². The third-order valence-corrected chi connectivity index (χ3v) is 12.1. The largest absolute Gasteiger partial charge is 0.501 e. The lowest BCUT2D eigenvalue weighted by atomic mass is 10.1. The van der Waals surface area contributed by atoms with Gasteiger partial charge in [0, 0.05) is 24.4 Å². The third-order valence-electron chi connectivity index (χ3n) is 8.87. The Bertz CT molecular complexity index is 478. The normalized spacial score (nSPS) is 15.5. The van der Waals surface area contributed by atoms with Crippen LogP contribution in [-0.2, 0) is 13.3 Å². The summed E-state index contributed by atoms with van der Waals surface area (Å²) in [7, 11) is -2.79. The van der Waals surface area contributed by atoms with Crippen molar-refractivity contribution in [3.63, 3.8) is 0 Å². The molecule has 0 aromatic heterocycles. The van der Waals surface area contributed by atoms with Gasteiger partial charge >= 0.3 is 8.80 Å². The van der Waals surface area contributed by atoms with Crippen LogP contribution in [0.2, 0.25) is 6.04 Å². The van der Waals surface area contributed by atoms with Crippen LogP contribution in [0, 0.1) is 0 Å². The first-order valence-electron chi connectivity index (χ1n) is 19.5. The van der Waals surface area contributed by atoms with Crippen LogP contribution in [0.25, 0.3) is 0 Å². The second kappa shape index (κ2) is 31.1. The van der Waals surface area contributed by atoms with Crippen molar-refractivity contribution < 1.29 is 13.3 Å². The van der Waals surface area contributed by atoms with Gasteiger partial charge in [0.2, 0.25) is 0 Å². The Hall–Kier alpha value is 0.0969. The molecule has 0 spiro atoms. The smallest absolute Gasteiger partial charge is 0.371 e. The molecule has 0 amide bonds. The Labute approximate surface area is 267 Å². The second-order valence-corrected chi connectivity index (χ2v) is 16.2. The number of hydrogen-bond acceptors (Lipinski definition) is 3. The lowest BCUT2D eigenvalue weighted by Crippen LogP contribution is -2.51. The number of unbranched alkanes of at least 4 members (excludes halogenated alkanes) is 20. The molecular formula is C38H80O3Si. The Balaban J connectivity index is 5.12. The molecule has 0 N–H and O–H groups in total. The monoisotopic (exact) mass is 613 g/mol. The molecule has 3 unspecified atom stereocenters. The van der Waals surface area contributed by atoms with E-state index in [1.165, 1.54) is 154 Å². The van der Waals surface area contributed by atoms with Gasteiger partial charge in [-0.05, 0) is 46.5 Å². The number of rotatable bonds is 34. The van der Waals surface area contributed by atoms with Gasteiger partial charge in [-0.25, -0.2) is 0 Å². The summed E-state index contributed by atoms with van der Waals surface area (Å²) in [6, 6.07) is 0.988. The first-order chi connectivity index (χ1) is 20.4. The first-order valence-corrected chi connectivity index (χ1v) is 21.4. The van der Waals surface area contributed by atoms with Crippen LogP contribution in [-0.4, -0.2) is 27.1 Å². The summed E-state index contributed by atoms with van der Waals surface area (Å²) < 4.78 is 21.0. The molecular weight excluding hydrogens is 533 g/mol. The molecule has 0 saturated carbocycles. The Morgan fingerprint density at radius 1 is 0.333 bits per heavy atom. The van der Waals surface area contributed by atoms with Crippen LogP contribution in [0.3, 0.4) is 0 Å². The molecule has 0 saturated heterocycles. The topological polar surface area (TPSA) is 27.7 Å². The van der Waals surface area contributed by atoms with Gasteiger partial charge in [0.15, 0.2) is 0 Å². The fourth-order valence-corrected chi connectivity index (χ4v) is 9.51. The molecule has 254 valence electrons. The highest BCUT2D eigenvalue weighted by Crippen LogP contribution is 2.29. The second-order valence-electron chi connectivity index (χ2n) is 13.7. The van der Waals surface area contributed by atoms with E-state index >= 15 is 0 Å². The van der Waals surface area contributed by atoms with E-state index in [1.807, 2.05) is 0 Å². The first kappa shape index (κ1) is 42.1. The Kier molecular flexibility index (Phi) is 31.2. The molecule has 4 heteroatoms. The van der Waals surface area contributed by atoms with E-state index in [2.05, 4.69) is 48.5 Å². The van der Waals surface area contributed by atoms with E-state index < -0.39 is 8.80 Å². The quantitative estimate of drug-likeness (QED) is 0.0534. The highest BCUT2D eigenvalue weighted by molar-refractivity contribution is 6.60. The van der Waals surface area contributed by atoms with Gasteiger partial charge in [-0.2, -0.15) is 0 Å². The molecule has 0 radical (unpaired) electrons. The van der Waals surface area contributed by atoms with E-state index in [0.717, 1.165) is 25.3 Å². The predicted molar refractivity (Wildman–Crippen MR) is 190 cm³/mol. The molecule has 3 atom stereocenters. The Morgan fingerprint density at radius 3 is 0.857 bits per heavy atom. The fourth-order valence-electron chi connectivity index (χ4n) is 6.11. The minimum atomic E-state index is -2.79. The van der Waals surface area contributed by atoms with E-state index in [-0.39, 0.29) is 18.3 Å². The molecule has 0 aliphatic carbocycles.